The largest absolute Gasteiger partial charge is 0.280 e. The Labute approximate surface area is 86.7 Å². The van der Waals surface area contributed by atoms with Crippen LogP contribution in [0.5, 0.6) is 0 Å². The molecular formula is C10H8Cl2O. The van der Waals surface area contributed by atoms with Gasteiger partial charge in [0.1, 0.15) is 0 Å². The zero-order chi connectivity index (χ0) is 9.47. The molecule has 0 radical (unpaired) electrons. The number of carbonyl (C=O) groups excluding carboxylic acids is 1. The molecule has 0 bridgehead atoms. The third kappa shape index (κ3) is 1.36. The van der Waals surface area contributed by atoms with Crippen LogP contribution in [0.4, 0.5) is 0 Å². The predicted molar refractivity (Wildman–Crippen MR) is 53.2 cm³/mol. The Kier molecular flexibility index (Phi) is 2.09. The van der Waals surface area contributed by atoms with Gasteiger partial charge in [-0.2, -0.15) is 0 Å². The van der Waals surface area contributed by atoms with Gasteiger partial charge in [-0.15, -0.1) is 0 Å². The van der Waals surface area contributed by atoms with Crippen LogP contribution in [0.1, 0.15) is 18.4 Å². The summed E-state index contributed by atoms with van der Waals surface area (Å²) < 4.78 is 0. The zero-order valence-electron chi connectivity index (χ0n) is 6.89. The van der Waals surface area contributed by atoms with Gasteiger partial charge in [0.2, 0.25) is 5.24 Å². The molecule has 1 fully saturated rings. The SMILES string of the molecule is O=C(Cl)C1(c2ccccc2Cl)CC1. The fourth-order valence-corrected chi connectivity index (χ4v) is 2.15. The first-order valence-electron chi connectivity index (χ1n) is 4.12. The van der Waals surface area contributed by atoms with Gasteiger partial charge in [0, 0.05) is 5.02 Å². The van der Waals surface area contributed by atoms with Gasteiger partial charge < -0.3 is 0 Å². The fraction of sp³-hybridized carbons (Fsp3) is 0.300. The minimum Gasteiger partial charge on any atom is -0.280 e. The van der Waals surface area contributed by atoms with E-state index in [-0.39, 0.29) is 5.24 Å². The maximum Gasteiger partial charge on any atom is 0.232 e. The Balaban J connectivity index is 2.47. The van der Waals surface area contributed by atoms with Crippen LogP contribution >= 0.6 is 23.2 Å². The highest BCUT2D eigenvalue weighted by Crippen LogP contribution is 2.51. The second-order valence-electron chi connectivity index (χ2n) is 3.34. The highest BCUT2D eigenvalue weighted by Gasteiger charge is 2.51. The second-order valence-corrected chi connectivity index (χ2v) is 4.09. The quantitative estimate of drug-likeness (QED) is 0.692. The van der Waals surface area contributed by atoms with Crippen molar-refractivity contribution in [3.05, 3.63) is 34.9 Å². The predicted octanol–water partition coefficient (Wildman–Crippen LogP) is 3.14. The van der Waals surface area contributed by atoms with E-state index >= 15 is 0 Å². The molecule has 1 nitrogen and oxygen atoms in total. The van der Waals surface area contributed by atoms with E-state index in [0.29, 0.717) is 5.02 Å². The van der Waals surface area contributed by atoms with Gasteiger partial charge >= 0.3 is 0 Å². The summed E-state index contributed by atoms with van der Waals surface area (Å²) >= 11 is 11.5. The molecule has 2 rings (SSSR count). The smallest absolute Gasteiger partial charge is 0.232 e. The lowest BCUT2D eigenvalue weighted by atomic mass is 9.98. The maximum absolute atomic E-state index is 11.2. The van der Waals surface area contributed by atoms with Crippen molar-refractivity contribution >= 4 is 28.4 Å². The lowest BCUT2D eigenvalue weighted by Gasteiger charge is -2.11. The van der Waals surface area contributed by atoms with Crippen LogP contribution in [0.15, 0.2) is 24.3 Å². The van der Waals surface area contributed by atoms with Crippen molar-refractivity contribution < 1.29 is 4.79 Å². The topological polar surface area (TPSA) is 17.1 Å². The van der Waals surface area contributed by atoms with Crippen molar-refractivity contribution in [3.63, 3.8) is 0 Å². The molecule has 1 aliphatic carbocycles. The molecule has 1 saturated carbocycles. The van der Waals surface area contributed by atoms with E-state index in [1.807, 2.05) is 18.2 Å². The monoisotopic (exact) mass is 214 g/mol. The van der Waals surface area contributed by atoms with E-state index in [2.05, 4.69) is 0 Å². The van der Waals surface area contributed by atoms with Crippen LogP contribution in [0, 0.1) is 0 Å². The van der Waals surface area contributed by atoms with Gasteiger partial charge in [-0.3, -0.25) is 4.79 Å². The number of rotatable bonds is 2. The summed E-state index contributed by atoms with van der Waals surface area (Å²) in [5.41, 5.74) is 0.400. The summed E-state index contributed by atoms with van der Waals surface area (Å²) in [6, 6.07) is 7.38. The molecular weight excluding hydrogens is 207 g/mol. The first-order valence-corrected chi connectivity index (χ1v) is 4.87. The van der Waals surface area contributed by atoms with Crippen molar-refractivity contribution in [1.82, 2.24) is 0 Å². The van der Waals surface area contributed by atoms with Crippen LogP contribution in [-0.4, -0.2) is 5.24 Å². The van der Waals surface area contributed by atoms with Crippen molar-refractivity contribution in [2.24, 2.45) is 0 Å². The molecule has 1 aromatic carbocycles. The standard InChI is InChI=1S/C10H8Cl2O/c11-8-4-2-1-3-7(8)10(5-6-10)9(12)13/h1-4H,5-6H2. The van der Waals surface area contributed by atoms with Gasteiger partial charge in [0.05, 0.1) is 5.41 Å². The first-order chi connectivity index (χ1) is 6.17. The van der Waals surface area contributed by atoms with Crippen molar-refractivity contribution in [3.8, 4) is 0 Å². The molecule has 0 amide bonds. The third-order valence-electron chi connectivity index (χ3n) is 2.52. The summed E-state index contributed by atoms with van der Waals surface area (Å²) in [7, 11) is 0. The number of hydrogen-bond acceptors (Lipinski definition) is 1. The van der Waals surface area contributed by atoms with Gasteiger partial charge in [-0.05, 0) is 36.1 Å². The number of benzene rings is 1. The lowest BCUT2D eigenvalue weighted by molar-refractivity contribution is -0.113. The molecule has 0 aromatic heterocycles. The Morgan fingerprint density at radius 2 is 1.92 bits per heavy atom. The Bertz CT molecular complexity index is 356. The summed E-state index contributed by atoms with van der Waals surface area (Å²) in [4.78, 5) is 11.2. The van der Waals surface area contributed by atoms with E-state index in [9.17, 15) is 4.79 Å². The molecule has 0 atom stereocenters. The first kappa shape index (κ1) is 9.04. The van der Waals surface area contributed by atoms with Crippen LogP contribution in [0.2, 0.25) is 5.02 Å². The minimum absolute atomic E-state index is 0.291. The van der Waals surface area contributed by atoms with Crippen LogP contribution in [0.3, 0.4) is 0 Å². The average molecular weight is 215 g/mol. The molecule has 0 N–H and O–H groups in total. The van der Waals surface area contributed by atoms with Crippen molar-refractivity contribution in [2.45, 2.75) is 18.3 Å². The molecule has 0 heterocycles. The number of hydrogen-bond donors (Lipinski definition) is 0. The molecule has 0 aliphatic heterocycles. The van der Waals surface area contributed by atoms with E-state index in [0.717, 1.165) is 18.4 Å². The van der Waals surface area contributed by atoms with Crippen LogP contribution in [-0.2, 0) is 10.2 Å². The highest BCUT2D eigenvalue weighted by atomic mass is 35.5. The molecule has 0 saturated heterocycles. The number of halogens is 2. The molecule has 0 unspecified atom stereocenters. The van der Waals surface area contributed by atoms with Crippen LogP contribution < -0.4 is 0 Å². The van der Waals surface area contributed by atoms with E-state index in [1.165, 1.54) is 0 Å². The van der Waals surface area contributed by atoms with Gasteiger partial charge in [-0.1, -0.05) is 29.8 Å². The van der Waals surface area contributed by atoms with Crippen molar-refractivity contribution in [2.75, 3.05) is 0 Å². The second kappa shape index (κ2) is 3.00. The molecule has 68 valence electrons. The Morgan fingerprint density at radius 1 is 1.31 bits per heavy atom. The molecule has 1 aromatic rings. The average Bonchev–Trinajstić information content (AvgIpc) is 2.85. The summed E-state index contributed by atoms with van der Waals surface area (Å²) in [6.45, 7) is 0. The fourth-order valence-electron chi connectivity index (χ4n) is 1.55. The normalized spacial score (nSPS) is 18.3. The summed E-state index contributed by atoms with van der Waals surface area (Å²) in [5.74, 6) is 0. The number of carbonyl (C=O) groups is 1. The minimum atomic E-state index is -0.472. The van der Waals surface area contributed by atoms with E-state index in [4.69, 9.17) is 23.2 Å². The highest BCUT2D eigenvalue weighted by molar-refractivity contribution is 6.66. The molecule has 1 aliphatic rings. The van der Waals surface area contributed by atoms with E-state index in [1.54, 1.807) is 6.07 Å². The zero-order valence-corrected chi connectivity index (χ0v) is 8.40. The van der Waals surface area contributed by atoms with Crippen molar-refractivity contribution in [1.29, 1.82) is 0 Å². The molecule has 0 spiro atoms. The third-order valence-corrected chi connectivity index (χ3v) is 3.21. The maximum atomic E-state index is 11.2. The van der Waals surface area contributed by atoms with Gasteiger partial charge in [-0.25, -0.2) is 0 Å². The van der Waals surface area contributed by atoms with Crippen LogP contribution in [0.25, 0.3) is 0 Å². The van der Waals surface area contributed by atoms with E-state index < -0.39 is 5.41 Å². The summed E-state index contributed by atoms with van der Waals surface area (Å²) in [6.07, 6.45) is 1.64. The van der Waals surface area contributed by atoms with Gasteiger partial charge in [0.15, 0.2) is 0 Å². The summed E-state index contributed by atoms with van der Waals surface area (Å²) in [5, 5.41) is 0.342. The Morgan fingerprint density at radius 3 is 2.38 bits per heavy atom. The lowest BCUT2D eigenvalue weighted by Crippen LogP contribution is -2.15. The Hall–Kier alpha value is -0.530. The van der Waals surface area contributed by atoms with Gasteiger partial charge in [0.25, 0.3) is 0 Å². The molecule has 13 heavy (non-hydrogen) atoms. The molecule has 3 heteroatoms.